The van der Waals surface area contributed by atoms with Crippen LogP contribution in [0.25, 0.3) is 0 Å². The zero-order valence-corrected chi connectivity index (χ0v) is 11.6. The molecule has 6 heteroatoms. The maximum Gasteiger partial charge on any atom is 0.217 e. The zero-order chi connectivity index (χ0) is 12.8. The monoisotopic (exact) mass is 251 g/mol. The highest BCUT2D eigenvalue weighted by Gasteiger charge is 2.25. The Morgan fingerprint density at radius 1 is 1.25 bits per heavy atom. The highest BCUT2D eigenvalue weighted by Crippen LogP contribution is 2.08. The van der Waals surface area contributed by atoms with Crippen LogP contribution in [-0.4, -0.2) is 63.1 Å². The van der Waals surface area contributed by atoms with Crippen molar-refractivity contribution in [1.29, 1.82) is 0 Å². The molecule has 0 radical (unpaired) electrons. The summed E-state index contributed by atoms with van der Waals surface area (Å²) in [5.41, 5.74) is 5.41. The highest BCUT2D eigenvalue weighted by molar-refractivity contribution is 7.89. The normalized spacial score (nSPS) is 14.7. The lowest BCUT2D eigenvalue weighted by Gasteiger charge is -2.24. The van der Waals surface area contributed by atoms with Gasteiger partial charge in [-0.2, -0.15) is 0 Å². The van der Waals surface area contributed by atoms with E-state index >= 15 is 0 Å². The number of nitrogens with zero attached hydrogens (tertiary/aromatic N) is 2. The van der Waals surface area contributed by atoms with Gasteiger partial charge in [-0.3, -0.25) is 0 Å². The summed E-state index contributed by atoms with van der Waals surface area (Å²) in [5.74, 6) is 0. The minimum absolute atomic E-state index is 0.173. The minimum atomic E-state index is -3.21. The van der Waals surface area contributed by atoms with Crippen LogP contribution < -0.4 is 5.73 Å². The van der Waals surface area contributed by atoms with Crippen LogP contribution in [0.3, 0.4) is 0 Å². The lowest BCUT2D eigenvalue weighted by Crippen LogP contribution is -2.41. The van der Waals surface area contributed by atoms with E-state index in [-0.39, 0.29) is 6.54 Å². The van der Waals surface area contributed by atoms with Gasteiger partial charge in [-0.1, -0.05) is 6.92 Å². The van der Waals surface area contributed by atoms with E-state index in [1.54, 1.807) is 6.92 Å². The van der Waals surface area contributed by atoms with Crippen molar-refractivity contribution in [2.75, 3.05) is 40.3 Å². The average Bonchev–Trinajstić information content (AvgIpc) is 2.22. The van der Waals surface area contributed by atoms with Gasteiger partial charge in [-0.25, -0.2) is 12.7 Å². The van der Waals surface area contributed by atoms with Crippen molar-refractivity contribution < 1.29 is 8.42 Å². The molecular weight excluding hydrogens is 226 g/mol. The van der Waals surface area contributed by atoms with Crippen LogP contribution in [0.2, 0.25) is 0 Å². The second kappa shape index (κ2) is 7.21. The van der Waals surface area contributed by atoms with Gasteiger partial charge in [0.15, 0.2) is 0 Å². The highest BCUT2D eigenvalue weighted by atomic mass is 32.2. The van der Waals surface area contributed by atoms with Crippen molar-refractivity contribution in [3.05, 3.63) is 0 Å². The molecule has 1 unspecified atom stereocenters. The van der Waals surface area contributed by atoms with E-state index in [2.05, 4.69) is 0 Å². The molecule has 0 saturated carbocycles. The van der Waals surface area contributed by atoms with Crippen LogP contribution in [-0.2, 0) is 10.0 Å². The molecule has 5 nitrogen and oxygen atoms in total. The fraction of sp³-hybridized carbons (Fsp3) is 1.00. The van der Waals surface area contributed by atoms with Crippen molar-refractivity contribution >= 4 is 10.0 Å². The molecule has 0 aliphatic heterocycles. The third-order valence-corrected chi connectivity index (χ3v) is 4.94. The summed E-state index contributed by atoms with van der Waals surface area (Å²) in [7, 11) is 0.750. The van der Waals surface area contributed by atoms with E-state index in [4.69, 9.17) is 5.73 Å². The standard InChI is InChI=1S/C10H25N3O2S/c1-5-13(8-6-7-12(3)4)16(14,15)10(2)9-11/h10H,5-9,11H2,1-4H3. The Kier molecular flexibility index (Phi) is 7.14. The lowest BCUT2D eigenvalue weighted by atomic mass is 10.4. The SMILES string of the molecule is CCN(CCCN(C)C)S(=O)(=O)C(C)CN. The van der Waals surface area contributed by atoms with E-state index in [1.807, 2.05) is 25.9 Å². The summed E-state index contributed by atoms with van der Waals surface area (Å²) in [6.45, 7) is 5.66. The van der Waals surface area contributed by atoms with Gasteiger partial charge in [-0.15, -0.1) is 0 Å². The summed E-state index contributed by atoms with van der Waals surface area (Å²) in [5, 5.41) is -0.494. The van der Waals surface area contributed by atoms with Crippen LogP contribution in [0, 0.1) is 0 Å². The number of nitrogens with two attached hydrogens (primary N) is 1. The topological polar surface area (TPSA) is 66.6 Å². The molecule has 0 amide bonds. The Labute approximate surface area is 99.6 Å². The van der Waals surface area contributed by atoms with Gasteiger partial charge in [0, 0.05) is 19.6 Å². The van der Waals surface area contributed by atoms with Crippen LogP contribution in [0.1, 0.15) is 20.3 Å². The predicted molar refractivity (Wildman–Crippen MR) is 67.9 cm³/mol. The zero-order valence-electron chi connectivity index (χ0n) is 10.8. The van der Waals surface area contributed by atoms with Crippen molar-refractivity contribution in [3.8, 4) is 0 Å². The average molecular weight is 251 g/mol. The number of rotatable bonds is 8. The quantitative estimate of drug-likeness (QED) is 0.656. The van der Waals surface area contributed by atoms with E-state index in [0.717, 1.165) is 13.0 Å². The van der Waals surface area contributed by atoms with Gasteiger partial charge >= 0.3 is 0 Å². The van der Waals surface area contributed by atoms with Gasteiger partial charge in [0.25, 0.3) is 0 Å². The van der Waals surface area contributed by atoms with Crippen molar-refractivity contribution in [2.24, 2.45) is 5.73 Å². The second-order valence-corrected chi connectivity index (χ2v) is 6.59. The Morgan fingerprint density at radius 2 is 1.81 bits per heavy atom. The molecule has 98 valence electrons. The fourth-order valence-electron chi connectivity index (χ4n) is 1.40. The summed E-state index contributed by atoms with van der Waals surface area (Å²) in [6.07, 6.45) is 0.845. The van der Waals surface area contributed by atoms with Gasteiger partial charge in [0.05, 0.1) is 5.25 Å². The Bertz CT molecular complexity index is 278. The third kappa shape index (κ3) is 4.78. The largest absolute Gasteiger partial charge is 0.329 e. The number of hydrogen-bond donors (Lipinski definition) is 1. The van der Waals surface area contributed by atoms with Gasteiger partial charge in [0.2, 0.25) is 10.0 Å². The lowest BCUT2D eigenvalue weighted by molar-refractivity contribution is 0.354. The van der Waals surface area contributed by atoms with Crippen molar-refractivity contribution in [2.45, 2.75) is 25.5 Å². The molecule has 1 atom stereocenters. The fourth-order valence-corrected chi connectivity index (χ4v) is 2.90. The smallest absolute Gasteiger partial charge is 0.217 e. The maximum absolute atomic E-state index is 12.0. The van der Waals surface area contributed by atoms with Gasteiger partial charge in [-0.05, 0) is 34.0 Å². The first kappa shape index (κ1) is 15.8. The Morgan fingerprint density at radius 3 is 2.19 bits per heavy atom. The first-order valence-electron chi connectivity index (χ1n) is 5.70. The molecule has 0 spiro atoms. The Balaban J connectivity index is 4.38. The summed E-state index contributed by atoms with van der Waals surface area (Å²) < 4.78 is 25.5. The van der Waals surface area contributed by atoms with Gasteiger partial charge in [0.1, 0.15) is 0 Å². The molecule has 0 fully saturated rings. The maximum atomic E-state index is 12.0. The molecular formula is C10H25N3O2S. The first-order chi connectivity index (χ1) is 7.36. The summed E-state index contributed by atoms with van der Waals surface area (Å²) >= 11 is 0. The van der Waals surface area contributed by atoms with Crippen LogP contribution in [0.15, 0.2) is 0 Å². The third-order valence-electron chi connectivity index (χ3n) is 2.57. The predicted octanol–water partition coefficient (Wildman–Crippen LogP) is -0.0630. The molecule has 0 aliphatic carbocycles. The van der Waals surface area contributed by atoms with Crippen molar-refractivity contribution in [1.82, 2.24) is 9.21 Å². The molecule has 0 saturated heterocycles. The molecule has 0 bridgehead atoms. The van der Waals surface area contributed by atoms with E-state index in [0.29, 0.717) is 13.1 Å². The molecule has 0 aliphatic rings. The van der Waals surface area contributed by atoms with E-state index < -0.39 is 15.3 Å². The summed E-state index contributed by atoms with van der Waals surface area (Å²) in [6, 6.07) is 0. The van der Waals surface area contributed by atoms with E-state index in [9.17, 15) is 8.42 Å². The second-order valence-electron chi connectivity index (χ2n) is 4.24. The first-order valence-corrected chi connectivity index (χ1v) is 7.20. The Hall–Kier alpha value is -0.170. The molecule has 16 heavy (non-hydrogen) atoms. The van der Waals surface area contributed by atoms with Crippen LogP contribution in [0.5, 0.6) is 0 Å². The number of hydrogen-bond acceptors (Lipinski definition) is 4. The minimum Gasteiger partial charge on any atom is -0.329 e. The molecule has 0 heterocycles. The van der Waals surface area contributed by atoms with Crippen LogP contribution >= 0.6 is 0 Å². The van der Waals surface area contributed by atoms with Crippen molar-refractivity contribution in [3.63, 3.8) is 0 Å². The number of sulfonamides is 1. The summed E-state index contributed by atoms with van der Waals surface area (Å²) in [4.78, 5) is 2.05. The van der Waals surface area contributed by atoms with Gasteiger partial charge < -0.3 is 10.6 Å². The van der Waals surface area contributed by atoms with Crippen LogP contribution in [0.4, 0.5) is 0 Å². The van der Waals surface area contributed by atoms with E-state index in [1.165, 1.54) is 4.31 Å². The molecule has 2 N–H and O–H groups in total. The molecule has 0 aromatic carbocycles. The molecule has 0 aromatic heterocycles. The molecule has 0 rings (SSSR count). The molecule has 0 aromatic rings.